The first-order valence-corrected chi connectivity index (χ1v) is 5.77. The van der Waals surface area contributed by atoms with E-state index in [0.29, 0.717) is 17.0 Å². The molecule has 0 aliphatic carbocycles. The summed E-state index contributed by atoms with van der Waals surface area (Å²) in [6.45, 7) is 0. The summed E-state index contributed by atoms with van der Waals surface area (Å²) in [5.41, 5.74) is 0.803. The Morgan fingerprint density at radius 3 is 3.00 bits per heavy atom. The molecule has 4 aromatic heterocycles. The normalized spacial score (nSPS) is 11.4. The molecule has 3 N–H and O–H groups in total. The van der Waals surface area contributed by atoms with E-state index in [1.54, 1.807) is 12.3 Å². The molecule has 0 bridgehead atoms. The molecule has 0 aliphatic rings. The van der Waals surface area contributed by atoms with E-state index < -0.39 is 11.2 Å². The molecule has 8 nitrogen and oxygen atoms in total. The Labute approximate surface area is 109 Å². The molecule has 20 heavy (non-hydrogen) atoms. The van der Waals surface area contributed by atoms with E-state index in [-0.39, 0.29) is 11.0 Å². The standard InChI is InChI=1S/C12H7N5O3/c18-10-7-8(16-17-9(7)14-12(19)15-10)6-3-5-1-2-20-11(5)13-4-6/h1-4H,(H3,14,15,16,17,18,19). The molecule has 0 aromatic carbocycles. The molecule has 4 rings (SSSR count). The first-order chi connectivity index (χ1) is 9.72. The number of furan rings is 1. The molecule has 0 saturated heterocycles. The minimum Gasteiger partial charge on any atom is -0.446 e. The van der Waals surface area contributed by atoms with Gasteiger partial charge in [0.25, 0.3) is 5.56 Å². The van der Waals surface area contributed by atoms with Crippen LogP contribution >= 0.6 is 0 Å². The number of nitrogens with zero attached hydrogens (tertiary/aromatic N) is 2. The molecule has 0 radical (unpaired) electrons. The maximum Gasteiger partial charge on any atom is 0.327 e. The third-order valence-electron chi connectivity index (χ3n) is 3.05. The van der Waals surface area contributed by atoms with E-state index in [9.17, 15) is 9.59 Å². The molecular formula is C12H7N5O3. The van der Waals surface area contributed by atoms with Gasteiger partial charge in [-0.05, 0) is 12.1 Å². The monoisotopic (exact) mass is 269 g/mol. The molecule has 98 valence electrons. The van der Waals surface area contributed by atoms with Gasteiger partial charge in [-0.1, -0.05) is 0 Å². The van der Waals surface area contributed by atoms with Gasteiger partial charge < -0.3 is 4.42 Å². The van der Waals surface area contributed by atoms with Gasteiger partial charge in [-0.2, -0.15) is 5.10 Å². The van der Waals surface area contributed by atoms with Gasteiger partial charge in [-0.15, -0.1) is 0 Å². The zero-order chi connectivity index (χ0) is 13.7. The summed E-state index contributed by atoms with van der Waals surface area (Å²) < 4.78 is 5.16. The topological polar surface area (TPSA) is 120 Å². The summed E-state index contributed by atoms with van der Waals surface area (Å²) in [7, 11) is 0. The molecule has 0 spiro atoms. The fraction of sp³-hybridized carbons (Fsp3) is 0. The predicted molar refractivity (Wildman–Crippen MR) is 70.3 cm³/mol. The predicted octanol–water partition coefficient (Wildman–Crippen LogP) is 0.748. The van der Waals surface area contributed by atoms with Gasteiger partial charge in [0, 0.05) is 17.1 Å². The van der Waals surface area contributed by atoms with Crippen LogP contribution in [0.1, 0.15) is 0 Å². The van der Waals surface area contributed by atoms with Crippen LogP contribution < -0.4 is 11.2 Å². The van der Waals surface area contributed by atoms with Gasteiger partial charge in [-0.25, -0.2) is 9.78 Å². The molecule has 0 unspecified atom stereocenters. The van der Waals surface area contributed by atoms with E-state index in [1.807, 2.05) is 6.07 Å². The van der Waals surface area contributed by atoms with Crippen molar-refractivity contribution in [2.75, 3.05) is 0 Å². The summed E-state index contributed by atoms with van der Waals surface area (Å²) in [5.74, 6) is 0. The Bertz CT molecular complexity index is 1050. The first kappa shape index (κ1) is 10.7. The van der Waals surface area contributed by atoms with Gasteiger partial charge in [0.1, 0.15) is 5.39 Å². The Morgan fingerprint density at radius 2 is 2.10 bits per heavy atom. The number of rotatable bonds is 1. The van der Waals surface area contributed by atoms with Gasteiger partial charge in [0.05, 0.1) is 12.0 Å². The van der Waals surface area contributed by atoms with Crippen LogP contribution in [0, 0.1) is 0 Å². The van der Waals surface area contributed by atoms with Crippen molar-refractivity contribution in [3.63, 3.8) is 0 Å². The second kappa shape index (κ2) is 3.67. The quantitative estimate of drug-likeness (QED) is 0.471. The summed E-state index contributed by atoms with van der Waals surface area (Å²) >= 11 is 0. The number of aromatic amines is 3. The second-order valence-electron chi connectivity index (χ2n) is 4.27. The molecular weight excluding hydrogens is 262 g/mol. The van der Waals surface area contributed by atoms with Crippen molar-refractivity contribution in [3.8, 4) is 11.3 Å². The number of hydrogen-bond donors (Lipinski definition) is 3. The molecule has 4 heterocycles. The number of aromatic nitrogens is 5. The highest BCUT2D eigenvalue weighted by Gasteiger charge is 2.13. The van der Waals surface area contributed by atoms with Crippen LogP contribution in [-0.4, -0.2) is 25.1 Å². The zero-order valence-corrected chi connectivity index (χ0v) is 9.93. The van der Waals surface area contributed by atoms with Crippen molar-refractivity contribution in [2.24, 2.45) is 0 Å². The van der Waals surface area contributed by atoms with Crippen LogP contribution in [0.15, 0.2) is 38.6 Å². The highest BCUT2D eigenvalue weighted by Crippen LogP contribution is 2.24. The minimum absolute atomic E-state index is 0.209. The number of H-pyrrole nitrogens is 3. The highest BCUT2D eigenvalue weighted by atomic mass is 16.3. The number of fused-ring (bicyclic) bond motifs is 2. The van der Waals surface area contributed by atoms with Crippen molar-refractivity contribution in [1.82, 2.24) is 25.1 Å². The number of hydrogen-bond acceptors (Lipinski definition) is 5. The Hall–Kier alpha value is -3.16. The van der Waals surface area contributed by atoms with Gasteiger partial charge >= 0.3 is 5.69 Å². The Balaban J connectivity index is 2.06. The minimum atomic E-state index is -0.594. The lowest BCUT2D eigenvalue weighted by molar-refractivity contribution is 0.603. The molecule has 8 heteroatoms. The van der Waals surface area contributed by atoms with E-state index >= 15 is 0 Å². The van der Waals surface area contributed by atoms with Crippen LogP contribution in [0.3, 0.4) is 0 Å². The van der Waals surface area contributed by atoms with Crippen molar-refractivity contribution in [2.45, 2.75) is 0 Å². The molecule has 0 saturated carbocycles. The fourth-order valence-corrected chi connectivity index (χ4v) is 2.16. The second-order valence-corrected chi connectivity index (χ2v) is 4.27. The Morgan fingerprint density at radius 1 is 1.20 bits per heavy atom. The van der Waals surface area contributed by atoms with Crippen LogP contribution in [0.25, 0.3) is 33.4 Å². The molecule has 0 atom stereocenters. The fourth-order valence-electron chi connectivity index (χ4n) is 2.16. The van der Waals surface area contributed by atoms with E-state index in [4.69, 9.17) is 4.42 Å². The lowest BCUT2D eigenvalue weighted by atomic mass is 10.1. The smallest absolute Gasteiger partial charge is 0.327 e. The van der Waals surface area contributed by atoms with E-state index in [2.05, 4.69) is 25.1 Å². The average molecular weight is 269 g/mol. The molecule has 0 fully saturated rings. The van der Waals surface area contributed by atoms with Gasteiger partial charge in [0.2, 0.25) is 5.71 Å². The largest absolute Gasteiger partial charge is 0.446 e. The molecule has 0 amide bonds. The van der Waals surface area contributed by atoms with Crippen LogP contribution in [0.2, 0.25) is 0 Å². The zero-order valence-electron chi connectivity index (χ0n) is 9.93. The van der Waals surface area contributed by atoms with Crippen molar-refractivity contribution in [3.05, 3.63) is 45.4 Å². The average Bonchev–Trinajstić information content (AvgIpc) is 3.03. The van der Waals surface area contributed by atoms with Crippen LogP contribution in [-0.2, 0) is 0 Å². The number of nitrogens with one attached hydrogen (secondary N) is 3. The third kappa shape index (κ3) is 1.41. The van der Waals surface area contributed by atoms with E-state index in [0.717, 1.165) is 5.39 Å². The van der Waals surface area contributed by atoms with Gasteiger partial charge in [-0.3, -0.25) is 19.9 Å². The van der Waals surface area contributed by atoms with Crippen molar-refractivity contribution in [1.29, 1.82) is 0 Å². The van der Waals surface area contributed by atoms with E-state index in [1.165, 1.54) is 6.26 Å². The summed E-state index contributed by atoms with van der Waals surface area (Å²) in [6, 6.07) is 3.60. The maximum atomic E-state index is 11.9. The molecule has 0 aliphatic heterocycles. The Kier molecular flexibility index (Phi) is 1.97. The van der Waals surface area contributed by atoms with Gasteiger partial charge in [0.15, 0.2) is 5.65 Å². The van der Waals surface area contributed by atoms with Crippen LogP contribution in [0.4, 0.5) is 0 Å². The summed E-state index contributed by atoms with van der Waals surface area (Å²) in [5, 5.41) is 7.77. The SMILES string of the molecule is O=c1[nH]c(=O)c2c(-c3cnc4occc4c3)[nH]nc2[nH]1. The maximum absolute atomic E-state index is 11.9. The summed E-state index contributed by atoms with van der Waals surface area (Å²) in [4.78, 5) is 31.9. The molecule has 4 aromatic rings. The highest BCUT2D eigenvalue weighted by molar-refractivity contribution is 5.91. The lowest BCUT2D eigenvalue weighted by Crippen LogP contribution is -2.21. The summed E-state index contributed by atoms with van der Waals surface area (Å²) in [6.07, 6.45) is 3.11. The van der Waals surface area contributed by atoms with Crippen molar-refractivity contribution >= 4 is 22.1 Å². The first-order valence-electron chi connectivity index (χ1n) is 5.77. The van der Waals surface area contributed by atoms with Crippen LogP contribution in [0.5, 0.6) is 0 Å². The number of pyridine rings is 1. The third-order valence-corrected chi connectivity index (χ3v) is 3.05. The lowest BCUT2D eigenvalue weighted by Gasteiger charge is -1.97. The van der Waals surface area contributed by atoms with Crippen molar-refractivity contribution < 1.29 is 4.42 Å².